The molecule has 0 aromatic heterocycles. The Morgan fingerprint density at radius 2 is 1.69 bits per heavy atom. The van der Waals surface area contributed by atoms with E-state index in [1.54, 1.807) is 21.3 Å². The Kier molecular flexibility index (Phi) is 8.84. The van der Waals surface area contributed by atoms with Crippen molar-refractivity contribution in [2.45, 2.75) is 38.7 Å². The van der Waals surface area contributed by atoms with E-state index < -0.39 is 8.80 Å². The molecule has 1 atom stereocenters. The summed E-state index contributed by atoms with van der Waals surface area (Å²) in [4.78, 5) is 0. The molecular weight excluding hydrogens is 220 g/mol. The van der Waals surface area contributed by atoms with Crippen LogP contribution in [0.15, 0.2) is 12.7 Å². The largest absolute Gasteiger partial charge is 0.500 e. The molecule has 0 aromatic rings. The highest BCUT2D eigenvalue weighted by molar-refractivity contribution is 6.60. The number of unbranched alkanes of at least 4 members (excludes halogenated alkanes) is 2. The fraction of sp³-hybridized carbons (Fsp3) is 0.833. The first-order valence-electron chi connectivity index (χ1n) is 5.90. The highest BCUT2D eigenvalue weighted by atomic mass is 28.4. The summed E-state index contributed by atoms with van der Waals surface area (Å²) in [6.07, 6.45) is 6.72. The molecule has 0 aliphatic heterocycles. The molecule has 0 bridgehead atoms. The second-order valence-electron chi connectivity index (χ2n) is 4.18. The molecule has 0 aromatic carbocycles. The van der Waals surface area contributed by atoms with Crippen LogP contribution >= 0.6 is 0 Å². The maximum atomic E-state index is 5.41. The summed E-state index contributed by atoms with van der Waals surface area (Å²) in [5, 5.41) is 0. The Morgan fingerprint density at radius 3 is 2.12 bits per heavy atom. The van der Waals surface area contributed by atoms with Crippen molar-refractivity contribution >= 4 is 8.80 Å². The molecule has 96 valence electrons. The van der Waals surface area contributed by atoms with E-state index >= 15 is 0 Å². The normalized spacial score (nSPS) is 13.8. The minimum absolute atomic E-state index is 0.580. The zero-order chi connectivity index (χ0) is 12.4. The predicted molar refractivity (Wildman–Crippen MR) is 69.4 cm³/mol. The summed E-state index contributed by atoms with van der Waals surface area (Å²) >= 11 is 0. The van der Waals surface area contributed by atoms with Crippen molar-refractivity contribution in [3.8, 4) is 0 Å². The molecule has 0 radical (unpaired) electrons. The van der Waals surface area contributed by atoms with Gasteiger partial charge in [0.2, 0.25) is 0 Å². The lowest BCUT2D eigenvalue weighted by Crippen LogP contribution is -2.44. The molecule has 0 spiro atoms. The Morgan fingerprint density at radius 1 is 1.12 bits per heavy atom. The highest BCUT2D eigenvalue weighted by Gasteiger charge is 2.39. The van der Waals surface area contributed by atoms with E-state index in [1.165, 1.54) is 19.3 Å². The van der Waals surface area contributed by atoms with Gasteiger partial charge in [-0.1, -0.05) is 25.8 Å². The number of hydrogen-bond donors (Lipinski definition) is 0. The molecule has 3 nitrogen and oxygen atoms in total. The van der Waals surface area contributed by atoms with E-state index in [0.29, 0.717) is 5.92 Å². The molecule has 0 fully saturated rings. The van der Waals surface area contributed by atoms with Crippen molar-refractivity contribution in [1.82, 2.24) is 0 Å². The molecule has 0 rings (SSSR count). The van der Waals surface area contributed by atoms with Crippen LogP contribution in [0, 0.1) is 5.92 Å². The summed E-state index contributed by atoms with van der Waals surface area (Å²) in [5.74, 6) is 0.580. The second kappa shape index (κ2) is 8.93. The van der Waals surface area contributed by atoms with Gasteiger partial charge in [-0.15, -0.1) is 6.58 Å². The predicted octanol–water partition coefficient (Wildman–Crippen LogP) is 3.25. The summed E-state index contributed by atoms with van der Waals surface area (Å²) in [6.45, 7) is 5.95. The Labute approximate surface area is 101 Å². The van der Waals surface area contributed by atoms with Crippen LogP contribution in [0.25, 0.3) is 0 Å². The van der Waals surface area contributed by atoms with Crippen molar-refractivity contribution in [3.05, 3.63) is 12.7 Å². The van der Waals surface area contributed by atoms with E-state index in [4.69, 9.17) is 13.3 Å². The smallest absolute Gasteiger partial charge is 0.377 e. The summed E-state index contributed by atoms with van der Waals surface area (Å²) < 4.78 is 16.2. The lowest BCUT2D eigenvalue weighted by Gasteiger charge is -2.27. The third-order valence-corrected chi connectivity index (χ3v) is 5.95. The first kappa shape index (κ1) is 15.8. The Balaban J connectivity index is 3.90. The molecule has 0 amide bonds. The topological polar surface area (TPSA) is 27.7 Å². The molecule has 0 N–H and O–H groups in total. The molecule has 16 heavy (non-hydrogen) atoms. The van der Waals surface area contributed by atoms with Gasteiger partial charge in [0.05, 0.1) is 0 Å². The molecule has 0 aliphatic carbocycles. The van der Waals surface area contributed by atoms with Gasteiger partial charge in [-0.3, -0.25) is 0 Å². The van der Waals surface area contributed by atoms with Crippen LogP contribution in [0.2, 0.25) is 6.04 Å². The molecule has 0 heterocycles. The van der Waals surface area contributed by atoms with Gasteiger partial charge in [0.25, 0.3) is 0 Å². The number of allylic oxidation sites excluding steroid dienone is 1. The van der Waals surface area contributed by atoms with Crippen LogP contribution in [0.3, 0.4) is 0 Å². The Bertz CT molecular complexity index is 173. The second-order valence-corrected chi connectivity index (χ2v) is 7.18. The number of rotatable bonds is 10. The van der Waals surface area contributed by atoms with Crippen LogP contribution in [-0.2, 0) is 13.3 Å². The van der Waals surface area contributed by atoms with Crippen LogP contribution < -0.4 is 0 Å². The summed E-state index contributed by atoms with van der Waals surface area (Å²) in [5.41, 5.74) is 0. The van der Waals surface area contributed by atoms with Gasteiger partial charge < -0.3 is 13.3 Å². The van der Waals surface area contributed by atoms with Gasteiger partial charge in [0, 0.05) is 27.4 Å². The molecule has 0 saturated heterocycles. The van der Waals surface area contributed by atoms with E-state index in [0.717, 1.165) is 12.5 Å². The average molecular weight is 246 g/mol. The first-order chi connectivity index (χ1) is 7.64. The monoisotopic (exact) mass is 246 g/mol. The van der Waals surface area contributed by atoms with Crippen LogP contribution in [0.1, 0.15) is 32.6 Å². The minimum atomic E-state index is -2.37. The van der Waals surface area contributed by atoms with Gasteiger partial charge in [0.15, 0.2) is 0 Å². The lowest BCUT2D eigenvalue weighted by molar-refractivity contribution is 0.118. The van der Waals surface area contributed by atoms with Gasteiger partial charge in [-0.05, 0) is 18.8 Å². The van der Waals surface area contributed by atoms with Crippen LogP contribution in [0.4, 0.5) is 0 Å². The third-order valence-electron chi connectivity index (χ3n) is 2.89. The maximum absolute atomic E-state index is 5.41. The van der Waals surface area contributed by atoms with Crippen molar-refractivity contribution in [3.63, 3.8) is 0 Å². The zero-order valence-corrected chi connectivity index (χ0v) is 12.1. The fourth-order valence-electron chi connectivity index (χ4n) is 1.81. The van der Waals surface area contributed by atoms with E-state index in [1.807, 2.05) is 6.08 Å². The van der Waals surface area contributed by atoms with Crippen molar-refractivity contribution in [1.29, 1.82) is 0 Å². The standard InChI is InChI=1S/C12H26O3Si/c1-6-7-8-9-10-12(2)11-16(13-3,14-4)15-5/h6,12H,1,7-11H2,2-5H3. The van der Waals surface area contributed by atoms with Crippen molar-refractivity contribution in [2.24, 2.45) is 5.92 Å². The van der Waals surface area contributed by atoms with E-state index in [2.05, 4.69) is 13.5 Å². The molecular formula is C12H26O3Si. The highest BCUT2D eigenvalue weighted by Crippen LogP contribution is 2.23. The average Bonchev–Trinajstić information content (AvgIpc) is 2.32. The van der Waals surface area contributed by atoms with Gasteiger partial charge in [-0.2, -0.15) is 0 Å². The minimum Gasteiger partial charge on any atom is -0.377 e. The van der Waals surface area contributed by atoms with E-state index in [9.17, 15) is 0 Å². The summed E-state index contributed by atoms with van der Waals surface area (Å²) in [6, 6.07) is 0.893. The van der Waals surface area contributed by atoms with Crippen LogP contribution in [-0.4, -0.2) is 30.1 Å². The molecule has 1 unspecified atom stereocenters. The van der Waals surface area contributed by atoms with Gasteiger partial charge in [-0.25, -0.2) is 0 Å². The van der Waals surface area contributed by atoms with Crippen molar-refractivity contribution in [2.75, 3.05) is 21.3 Å². The zero-order valence-electron chi connectivity index (χ0n) is 11.1. The van der Waals surface area contributed by atoms with E-state index in [-0.39, 0.29) is 0 Å². The van der Waals surface area contributed by atoms with Gasteiger partial charge in [0.1, 0.15) is 0 Å². The molecule has 4 heteroatoms. The first-order valence-corrected chi connectivity index (χ1v) is 7.83. The van der Waals surface area contributed by atoms with Crippen molar-refractivity contribution < 1.29 is 13.3 Å². The third kappa shape index (κ3) is 5.79. The quantitative estimate of drug-likeness (QED) is 0.336. The maximum Gasteiger partial charge on any atom is 0.500 e. The molecule has 0 saturated carbocycles. The number of hydrogen-bond acceptors (Lipinski definition) is 3. The van der Waals surface area contributed by atoms with Gasteiger partial charge >= 0.3 is 8.80 Å². The van der Waals surface area contributed by atoms with Crippen LogP contribution in [0.5, 0.6) is 0 Å². The summed E-state index contributed by atoms with van der Waals surface area (Å²) in [7, 11) is 2.64. The fourth-order valence-corrected chi connectivity index (χ4v) is 3.87. The SMILES string of the molecule is C=CCCCCC(C)C[Si](OC)(OC)OC. The molecule has 0 aliphatic rings. The lowest BCUT2D eigenvalue weighted by atomic mass is 10.1. The Hall–Kier alpha value is -0.163.